The molecule has 2 heterocycles. The van der Waals surface area contributed by atoms with Crippen LogP contribution in [-0.4, -0.2) is 35.8 Å². The Hall–Kier alpha value is -4.68. The normalized spacial score (nSPS) is 16.6. The molecule has 2 aliphatic heterocycles. The van der Waals surface area contributed by atoms with Gasteiger partial charge in [-0.05, 0) is 66.8 Å². The van der Waals surface area contributed by atoms with Gasteiger partial charge in [0.15, 0.2) is 11.5 Å². The van der Waals surface area contributed by atoms with Crippen molar-refractivity contribution < 1.29 is 14.3 Å². The van der Waals surface area contributed by atoms with Gasteiger partial charge in [0.1, 0.15) is 0 Å². The summed E-state index contributed by atoms with van der Waals surface area (Å²) in [7, 11) is 0. The molecule has 2 aliphatic rings. The number of likely N-dealkylation sites (tertiary alicyclic amines) is 1. The summed E-state index contributed by atoms with van der Waals surface area (Å²) in [6, 6.07) is 33.7. The van der Waals surface area contributed by atoms with Gasteiger partial charge in [-0.3, -0.25) is 19.4 Å². The van der Waals surface area contributed by atoms with Crippen LogP contribution in [0.3, 0.4) is 0 Å². The van der Waals surface area contributed by atoms with Crippen molar-refractivity contribution in [2.24, 2.45) is 0 Å². The van der Waals surface area contributed by atoms with Crippen molar-refractivity contribution in [3.8, 4) is 5.75 Å². The van der Waals surface area contributed by atoms with Gasteiger partial charge < -0.3 is 10.1 Å². The number of piperidine rings is 1. The molecule has 212 valence electrons. The van der Waals surface area contributed by atoms with Crippen molar-refractivity contribution in [2.75, 3.05) is 18.0 Å². The Labute approximate surface area is 247 Å². The zero-order chi connectivity index (χ0) is 28.9. The Morgan fingerprint density at radius 3 is 2.33 bits per heavy atom. The Bertz CT molecular complexity index is 1590. The molecular weight excluding hydrogens is 522 g/mol. The zero-order valence-electron chi connectivity index (χ0n) is 23.8. The maximum atomic E-state index is 13.6. The summed E-state index contributed by atoms with van der Waals surface area (Å²) in [6.45, 7) is 5.36. The van der Waals surface area contributed by atoms with Gasteiger partial charge in [-0.2, -0.15) is 0 Å². The monoisotopic (exact) mass is 557 g/mol. The first-order chi connectivity index (χ1) is 20.5. The molecule has 42 heavy (non-hydrogen) atoms. The minimum Gasteiger partial charge on any atom is -0.449 e. The fourth-order valence-electron chi connectivity index (χ4n) is 5.64. The molecule has 0 bridgehead atoms. The number of nitrogens with one attached hydrogen (secondary N) is 1. The predicted molar refractivity (Wildman–Crippen MR) is 166 cm³/mol. The fourth-order valence-corrected chi connectivity index (χ4v) is 5.64. The van der Waals surface area contributed by atoms with E-state index in [0.717, 1.165) is 54.9 Å². The van der Waals surface area contributed by atoms with Crippen LogP contribution in [0.5, 0.6) is 5.75 Å². The van der Waals surface area contributed by atoms with Gasteiger partial charge in [-0.15, -0.1) is 0 Å². The average Bonchev–Trinajstić information content (AvgIpc) is 3.01. The fraction of sp³-hybridized carbons (Fsp3) is 0.222. The molecule has 1 N–H and O–H groups in total. The number of carbonyl (C=O) groups excluding carboxylic acids is 2. The van der Waals surface area contributed by atoms with Gasteiger partial charge in [-0.25, -0.2) is 0 Å². The summed E-state index contributed by atoms with van der Waals surface area (Å²) < 4.78 is 6.05. The number of carbonyl (C=O) groups is 2. The molecule has 4 aromatic carbocycles. The van der Waals surface area contributed by atoms with E-state index >= 15 is 0 Å². The van der Waals surface area contributed by atoms with Gasteiger partial charge in [0.25, 0.3) is 11.8 Å². The maximum absolute atomic E-state index is 13.6. The second-order valence-corrected chi connectivity index (χ2v) is 11.1. The van der Waals surface area contributed by atoms with Gasteiger partial charge in [-0.1, -0.05) is 84.4 Å². The van der Waals surface area contributed by atoms with Crippen LogP contribution in [0.15, 0.2) is 109 Å². The molecule has 6 rings (SSSR count). The van der Waals surface area contributed by atoms with Gasteiger partial charge >= 0.3 is 0 Å². The van der Waals surface area contributed by atoms with E-state index in [9.17, 15) is 9.59 Å². The standard InChI is InChI=1S/C36H35N3O3/c1-26-8-7-11-29(22-26)25-39-32-12-5-6-13-33(32)42-34(36(39)41)23-27-14-16-30(17-15-27)35(40)37-31-18-20-38(21-19-31)24-28-9-3-2-4-10-28/h2-17,22-23,31H,18-21,24-25H2,1H3,(H,37,40)/b34-23+. The number of para-hydroxylation sites is 2. The third-order valence-electron chi connectivity index (χ3n) is 7.90. The lowest BCUT2D eigenvalue weighted by Crippen LogP contribution is -2.44. The number of amides is 2. The van der Waals surface area contributed by atoms with E-state index in [-0.39, 0.29) is 23.6 Å². The highest BCUT2D eigenvalue weighted by Gasteiger charge is 2.30. The Morgan fingerprint density at radius 2 is 1.57 bits per heavy atom. The molecule has 0 aliphatic carbocycles. The molecule has 4 aromatic rings. The number of fused-ring (bicyclic) bond motifs is 1. The van der Waals surface area contributed by atoms with Gasteiger partial charge in [0.05, 0.1) is 12.2 Å². The summed E-state index contributed by atoms with van der Waals surface area (Å²) in [5.74, 6) is 0.622. The Balaban J connectivity index is 1.10. The maximum Gasteiger partial charge on any atom is 0.294 e. The summed E-state index contributed by atoms with van der Waals surface area (Å²) in [4.78, 5) is 30.8. The van der Waals surface area contributed by atoms with Crippen molar-refractivity contribution in [2.45, 2.75) is 38.9 Å². The lowest BCUT2D eigenvalue weighted by molar-refractivity contribution is -0.117. The number of hydrogen-bond donors (Lipinski definition) is 1. The van der Waals surface area contributed by atoms with E-state index in [1.807, 2.05) is 67.6 Å². The molecule has 6 heteroatoms. The van der Waals surface area contributed by atoms with Crippen LogP contribution in [0, 0.1) is 6.92 Å². The minimum absolute atomic E-state index is 0.0704. The van der Waals surface area contributed by atoms with E-state index in [2.05, 4.69) is 40.5 Å². The molecular formula is C36H35N3O3. The summed E-state index contributed by atoms with van der Waals surface area (Å²) in [6.07, 6.45) is 3.61. The van der Waals surface area contributed by atoms with E-state index < -0.39 is 0 Å². The number of ether oxygens (including phenoxy) is 1. The van der Waals surface area contributed by atoms with E-state index in [0.29, 0.717) is 17.9 Å². The Morgan fingerprint density at radius 1 is 0.857 bits per heavy atom. The topological polar surface area (TPSA) is 61.9 Å². The number of benzene rings is 4. The number of hydrogen-bond acceptors (Lipinski definition) is 4. The van der Waals surface area contributed by atoms with Crippen LogP contribution in [0.4, 0.5) is 5.69 Å². The smallest absolute Gasteiger partial charge is 0.294 e. The highest BCUT2D eigenvalue weighted by atomic mass is 16.5. The zero-order valence-corrected chi connectivity index (χ0v) is 23.8. The molecule has 1 fully saturated rings. The summed E-state index contributed by atoms with van der Waals surface area (Å²) in [5, 5.41) is 3.20. The third kappa shape index (κ3) is 6.45. The van der Waals surface area contributed by atoms with Crippen molar-refractivity contribution in [3.05, 3.63) is 137 Å². The molecule has 0 unspecified atom stereocenters. The van der Waals surface area contributed by atoms with Crippen molar-refractivity contribution in [3.63, 3.8) is 0 Å². The van der Waals surface area contributed by atoms with E-state index in [1.165, 1.54) is 5.56 Å². The number of aryl methyl sites for hydroxylation is 1. The van der Waals surface area contributed by atoms with Crippen LogP contribution >= 0.6 is 0 Å². The third-order valence-corrected chi connectivity index (χ3v) is 7.90. The molecule has 0 radical (unpaired) electrons. The van der Waals surface area contributed by atoms with Crippen molar-refractivity contribution >= 4 is 23.6 Å². The first-order valence-electron chi connectivity index (χ1n) is 14.5. The lowest BCUT2D eigenvalue weighted by Gasteiger charge is -2.32. The van der Waals surface area contributed by atoms with E-state index in [1.54, 1.807) is 23.1 Å². The van der Waals surface area contributed by atoms with Gasteiger partial charge in [0, 0.05) is 31.2 Å². The molecule has 0 aromatic heterocycles. The SMILES string of the molecule is Cc1cccc(CN2C(=O)/C(=C\c3ccc(C(=O)NC4CCN(Cc5ccccc5)CC4)cc3)Oc3ccccc32)c1. The molecule has 2 amide bonds. The predicted octanol–water partition coefficient (Wildman–Crippen LogP) is 6.36. The van der Waals surface area contributed by atoms with Crippen molar-refractivity contribution in [1.29, 1.82) is 0 Å². The second-order valence-electron chi connectivity index (χ2n) is 11.1. The largest absolute Gasteiger partial charge is 0.449 e. The van der Waals surface area contributed by atoms with E-state index in [4.69, 9.17) is 4.74 Å². The first-order valence-corrected chi connectivity index (χ1v) is 14.5. The van der Waals surface area contributed by atoms with Crippen LogP contribution in [0.2, 0.25) is 0 Å². The van der Waals surface area contributed by atoms with Crippen LogP contribution in [0.25, 0.3) is 6.08 Å². The second kappa shape index (κ2) is 12.5. The average molecular weight is 558 g/mol. The minimum atomic E-state index is -0.198. The highest BCUT2D eigenvalue weighted by molar-refractivity contribution is 6.09. The number of nitrogens with zero attached hydrogens (tertiary/aromatic N) is 2. The Kier molecular flexibility index (Phi) is 8.15. The summed E-state index contributed by atoms with van der Waals surface area (Å²) >= 11 is 0. The molecule has 6 nitrogen and oxygen atoms in total. The number of anilines is 1. The summed E-state index contributed by atoms with van der Waals surface area (Å²) in [5.41, 5.74) is 5.66. The lowest BCUT2D eigenvalue weighted by atomic mass is 10.0. The number of rotatable bonds is 7. The first kappa shape index (κ1) is 27.5. The van der Waals surface area contributed by atoms with Crippen LogP contribution < -0.4 is 15.0 Å². The molecule has 1 saturated heterocycles. The van der Waals surface area contributed by atoms with Crippen LogP contribution in [-0.2, 0) is 17.9 Å². The molecule has 0 saturated carbocycles. The quantitative estimate of drug-likeness (QED) is 0.269. The van der Waals surface area contributed by atoms with Crippen LogP contribution in [0.1, 0.15) is 45.5 Å². The highest BCUT2D eigenvalue weighted by Crippen LogP contribution is 2.36. The van der Waals surface area contributed by atoms with Crippen molar-refractivity contribution in [1.82, 2.24) is 10.2 Å². The van der Waals surface area contributed by atoms with Gasteiger partial charge in [0.2, 0.25) is 0 Å². The molecule has 0 atom stereocenters. The molecule has 0 spiro atoms.